The van der Waals surface area contributed by atoms with Gasteiger partial charge in [-0.3, -0.25) is 24.1 Å². The number of anilines is 2. The number of carbonyl (C=O) groups is 3. The van der Waals surface area contributed by atoms with Crippen molar-refractivity contribution in [2.24, 2.45) is 0 Å². The van der Waals surface area contributed by atoms with E-state index < -0.39 is 29.1 Å². The molecule has 1 atom stereocenters. The summed E-state index contributed by atoms with van der Waals surface area (Å²) in [6.45, 7) is 5.59. The smallest absolute Gasteiger partial charge is 0.300 e. The largest absolute Gasteiger partial charge is 0.464 e. The molecule has 5 rings (SSSR count). The maximum atomic E-state index is 14.3. The maximum absolute atomic E-state index is 14.3. The number of amides is 2. The number of ketones is 1. The van der Waals surface area contributed by atoms with Crippen LogP contribution >= 0.6 is 11.6 Å². The third kappa shape index (κ3) is 5.60. The van der Waals surface area contributed by atoms with Gasteiger partial charge in [-0.1, -0.05) is 65.7 Å². The molecule has 0 aliphatic rings. The van der Waals surface area contributed by atoms with Gasteiger partial charge >= 0.3 is 0 Å². The highest BCUT2D eigenvalue weighted by atomic mass is 35.5. The number of nitrogens with zero attached hydrogens (tertiary/aromatic N) is 1. The van der Waals surface area contributed by atoms with E-state index in [0.29, 0.717) is 16.3 Å². The molecule has 0 saturated heterocycles. The van der Waals surface area contributed by atoms with Crippen molar-refractivity contribution in [2.75, 3.05) is 10.2 Å². The number of rotatable bonds is 7. The van der Waals surface area contributed by atoms with E-state index in [1.807, 2.05) is 26.8 Å². The summed E-state index contributed by atoms with van der Waals surface area (Å²) in [5, 5.41) is 3.51. The quantitative estimate of drug-likeness (QED) is 0.166. The van der Waals surface area contributed by atoms with E-state index in [9.17, 15) is 19.2 Å². The first-order chi connectivity index (χ1) is 20.2. The average molecular weight is 579 g/mol. The van der Waals surface area contributed by atoms with Gasteiger partial charge < -0.3 is 9.73 Å². The highest BCUT2D eigenvalue weighted by Gasteiger charge is 2.38. The fourth-order valence-corrected chi connectivity index (χ4v) is 4.87. The van der Waals surface area contributed by atoms with Crippen LogP contribution in [0.1, 0.15) is 38.7 Å². The molecule has 0 radical (unpaired) electrons. The Kier molecular flexibility index (Phi) is 8.04. The van der Waals surface area contributed by atoms with Crippen LogP contribution in [-0.2, 0) is 9.59 Å². The van der Waals surface area contributed by atoms with Crippen molar-refractivity contribution >= 4 is 51.5 Å². The van der Waals surface area contributed by atoms with Gasteiger partial charge in [0, 0.05) is 22.0 Å². The third-order valence-corrected chi connectivity index (χ3v) is 7.42. The van der Waals surface area contributed by atoms with E-state index in [1.165, 1.54) is 42.7 Å². The van der Waals surface area contributed by atoms with E-state index in [1.54, 1.807) is 48.5 Å². The molecule has 0 bridgehead atoms. The SMILES string of the molecule is Cc1ccc2occ(C(C(=O)Nc3cccc(C)c3C)N(C(=O)C(=O)c3ccccc3)c3ccc(Cl)cc3)c(=O)c2c1. The Morgan fingerprint density at radius 2 is 1.57 bits per heavy atom. The van der Waals surface area contributed by atoms with Gasteiger partial charge in [0.1, 0.15) is 17.9 Å². The molecular formula is C34H27ClN2O5. The molecule has 0 saturated carbocycles. The summed E-state index contributed by atoms with van der Waals surface area (Å²) in [6.07, 6.45) is 1.18. The maximum Gasteiger partial charge on any atom is 0.300 e. The molecule has 7 nitrogen and oxygen atoms in total. The van der Waals surface area contributed by atoms with Gasteiger partial charge in [-0.15, -0.1) is 0 Å². The number of hydrogen-bond acceptors (Lipinski definition) is 5. The molecule has 8 heteroatoms. The summed E-state index contributed by atoms with van der Waals surface area (Å²) in [4.78, 5) is 56.9. The zero-order valence-electron chi connectivity index (χ0n) is 23.2. The first kappa shape index (κ1) is 28.5. The highest BCUT2D eigenvalue weighted by molar-refractivity contribution is 6.47. The number of benzene rings is 4. The molecule has 210 valence electrons. The van der Waals surface area contributed by atoms with Crippen LogP contribution in [0.5, 0.6) is 0 Å². The Labute approximate surface area is 247 Å². The van der Waals surface area contributed by atoms with E-state index in [2.05, 4.69) is 5.32 Å². The Morgan fingerprint density at radius 3 is 2.29 bits per heavy atom. The van der Waals surface area contributed by atoms with E-state index in [-0.39, 0.29) is 22.2 Å². The lowest BCUT2D eigenvalue weighted by Gasteiger charge is -2.30. The van der Waals surface area contributed by atoms with Crippen LogP contribution in [0.3, 0.4) is 0 Å². The molecule has 0 aliphatic heterocycles. The van der Waals surface area contributed by atoms with Crippen molar-refractivity contribution in [1.82, 2.24) is 0 Å². The summed E-state index contributed by atoms with van der Waals surface area (Å²) in [5.74, 6) is -2.56. The number of fused-ring (bicyclic) bond motifs is 1. The first-order valence-corrected chi connectivity index (χ1v) is 13.6. The van der Waals surface area contributed by atoms with Crippen molar-refractivity contribution in [1.29, 1.82) is 0 Å². The molecule has 1 heterocycles. The van der Waals surface area contributed by atoms with Crippen molar-refractivity contribution in [3.63, 3.8) is 0 Å². The number of Topliss-reactive ketones (excluding diaryl/α,β-unsaturated/α-hetero) is 1. The van der Waals surface area contributed by atoms with Gasteiger partial charge in [0.15, 0.2) is 5.43 Å². The monoisotopic (exact) mass is 578 g/mol. The highest BCUT2D eigenvalue weighted by Crippen LogP contribution is 2.31. The van der Waals surface area contributed by atoms with Gasteiger partial charge in [-0.05, 0) is 74.4 Å². The predicted molar refractivity (Wildman–Crippen MR) is 164 cm³/mol. The number of aryl methyl sites for hydroxylation is 2. The topological polar surface area (TPSA) is 96.7 Å². The van der Waals surface area contributed by atoms with Crippen molar-refractivity contribution in [3.05, 3.63) is 140 Å². The third-order valence-electron chi connectivity index (χ3n) is 7.17. The van der Waals surface area contributed by atoms with Crippen molar-refractivity contribution in [2.45, 2.75) is 26.8 Å². The Bertz CT molecular complexity index is 1880. The molecule has 4 aromatic carbocycles. The minimum Gasteiger partial charge on any atom is -0.464 e. The Hall–Kier alpha value is -5.01. The predicted octanol–water partition coefficient (Wildman–Crippen LogP) is 6.97. The van der Waals surface area contributed by atoms with Crippen LogP contribution in [-0.4, -0.2) is 17.6 Å². The van der Waals surface area contributed by atoms with Crippen LogP contribution in [0.15, 0.2) is 106 Å². The molecule has 0 aliphatic carbocycles. The summed E-state index contributed by atoms with van der Waals surface area (Å²) >= 11 is 6.14. The molecule has 0 fully saturated rings. The summed E-state index contributed by atoms with van der Waals surface area (Å²) in [6, 6.07) is 23.1. The van der Waals surface area contributed by atoms with Crippen LogP contribution < -0.4 is 15.6 Å². The summed E-state index contributed by atoms with van der Waals surface area (Å²) in [5.41, 5.74) is 3.12. The zero-order chi connectivity index (χ0) is 30.0. The number of halogens is 1. The van der Waals surface area contributed by atoms with Crippen LogP contribution in [0, 0.1) is 20.8 Å². The zero-order valence-corrected chi connectivity index (χ0v) is 23.9. The lowest BCUT2D eigenvalue weighted by molar-refractivity contribution is -0.121. The van der Waals surface area contributed by atoms with Gasteiger partial charge in [0.25, 0.3) is 17.6 Å². The molecule has 42 heavy (non-hydrogen) atoms. The molecule has 1 aromatic heterocycles. The van der Waals surface area contributed by atoms with Crippen LogP contribution in [0.4, 0.5) is 11.4 Å². The second-order valence-corrected chi connectivity index (χ2v) is 10.4. The lowest BCUT2D eigenvalue weighted by atomic mass is 10.00. The van der Waals surface area contributed by atoms with Crippen molar-refractivity contribution < 1.29 is 18.8 Å². The Balaban J connectivity index is 1.74. The summed E-state index contributed by atoms with van der Waals surface area (Å²) < 4.78 is 5.81. The number of carbonyl (C=O) groups excluding carboxylic acids is 3. The van der Waals surface area contributed by atoms with Gasteiger partial charge in [0.05, 0.1) is 10.9 Å². The first-order valence-electron chi connectivity index (χ1n) is 13.2. The fourth-order valence-electron chi connectivity index (χ4n) is 4.74. The average Bonchev–Trinajstić information content (AvgIpc) is 2.99. The number of hydrogen-bond donors (Lipinski definition) is 1. The molecule has 1 unspecified atom stereocenters. The van der Waals surface area contributed by atoms with Gasteiger partial charge in [-0.25, -0.2) is 0 Å². The fraction of sp³-hybridized carbons (Fsp3) is 0.118. The minimum absolute atomic E-state index is 0.111. The van der Waals surface area contributed by atoms with Crippen molar-refractivity contribution in [3.8, 4) is 0 Å². The van der Waals surface area contributed by atoms with Gasteiger partial charge in [0.2, 0.25) is 0 Å². The van der Waals surface area contributed by atoms with E-state index >= 15 is 0 Å². The van der Waals surface area contributed by atoms with E-state index in [0.717, 1.165) is 21.6 Å². The van der Waals surface area contributed by atoms with Crippen LogP contribution in [0.2, 0.25) is 5.02 Å². The minimum atomic E-state index is -1.58. The summed E-state index contributed by atoms with van der Waals surface area (Å²) in [7, 11) is 0. The van der Waals surface area contributed by atoms with Gasteiger partial charge in [-0.2, -0.15) is 0 Å². The molecule has 0 spiro atoms. The molecular weight excluding hydrogens is 552 g/mol. The second kappa shape index (κ2) is 11.8. The van der Waals surface area contributed by atoms with Crippen LogP contribution in [0.25, 0.3) is 11.0 Å². The second-order valence-electron chi connectivity index (χ2n) is 10.0. The van der Waals surface area contributed by atoms with E-state index in [4.69, 9.17) is 16.0 Å². The molecule has 1 N–H and O–H groups in total. The number of nitrogens with one attached hydrogen (secondary N) is 1. The Morgan fingerprint density at radius 1 is 0.857 bits per heavy atom. The lowest BCUT2D eigenvalue weighted by Crippen LogP contribution is -2.46. The molecule has 5 aromatic rings. The normalized spacial score (nSPS) is 11.6. The standard InChI is InChI=1S/C34H27ClN2O5/c1-20-12-17-29-26(18-20)32(39)27(19-42-29)30(33(40)36-28-11-7-8-21(2)22(28)3)37(25-15-13-24(35)14-16-25)34(41)31(38)23-9-5-4-6-10-23/h4-19,30H,1-3H3,(H,36,40). The molecule has 2 amide bonds.